The quantitative estimate of drug-likeness (QED) is 0.403. The molecule has 0 saturated carbocycles. The lowest BCUT2D eigenvalue weighted by atomic mass is 9.85. The summed E-state index contributed by atoms with van der Waals surface area (Å²) in [6, 6.07) is 15.2. The number of ether oxygens (including phenoxy) is 1. The van der Waals surface area contributed by atoms with Crippen LogP contribution >= 0.6 is 0 Å². The summed E-state index contributed by atoms with van der Waals surface area (Å²) in [5.74, 6) is -0.592. The van der Waals surface area contributed by atoms with Gasteiger partial charge in [-0.1, -0.05) is 51.1 Å². The van der Waals surface area contributed by atoms with Gasteiger partial charge in [0, 0.05) is 6.54 Å². The monoisotopic (exact) mass is 549 g/mol. The minimum Gasteiger partial charge on any atom is -0.491 e. The molecule has 4 rings (SSSR count). The van der Waals surface area contributed by atoms with Crippen LogP contribution < -0.4 is 21.3 Å². The number of hydrazine groups is 1. The number of benzene rings is 2. The first-order valence-corrected chi connectivity index (χ1v) is 13.1. The van der Waals surface area contributed by atoms with E-state index in [1.54, 1.807) is 36.4 Å². The number of amides is 3. The molecule has 0 radical (unpaired) electrons. The second-order valence-electron chi connectivity index (χ2n) is 11.2. The molecule has 40 heavy (non-hydrogen) atoms. The van der Waals surface area contributed by atoms with E-state index in [1.807, 2.05) is 52.8 Å². The Kier molecular flexibility index (Phi) is 8.03. The lowest BCUT2D eigenvalue weighted by Gasteiger charge is -2.39. The van der Waals surface area contributed by atoms with E-state index in [0.717, 1.165) is 5.56 Å². The van der Waals surface area contributed by atoms with Gasteiger partial charge in [-0.25, -0.2) is 9.59 Å². The molecular weight excluding hydrogens is 514 g/mol. The molecule has 1 aliphatic rings. The lowest BCUT2D eigenvalue weighted by molar-refractivity contribution is -0.121. The highest BCUT2D eigenvalue weighted by Crippen LogP contribution is 2.36. The first-order valence-electron chi connectivity index (χ1n) is 13.1. The summed E-state index contributed by atoms with van der Waals surface area (Å²) in [5.41, 5.74) is 5.22. The van der Waals surface area contributed by atoms with Crippen molar-refractivity contribution in [1.29, 1.82) is 0 Å². The SMILES string of the molecule is CC(C)Oc1ccc(-n2c(C(=O)NNC(=O)Cc3ccccc3)c3n(c2=O)C(C(C)(C)C)CN(C(=O)O)C3)cc1. The van der Waals surface area contributed by atoms with Crippen molar-refractivity contribution in [3.63, 3.8) is 0 Å². The van der Waals surface area contributed by atoms with Crippen molar-refractivity contribution in [2.24, 2.45) is 5.41 Å². The van der Waals surface area contributed by atoms with Crippen LogP contribution in [0.4, 0.5) is 4.79 Å². The predicted molar refractivity (Wildman–Crippen MR) is 148 cm³/mol. The van der Waals surface area contributed by atoms with E-state index in [1.165, 1.54) is 14.0 Å². The van der Waals surface area contributed by atoms with E-state index in [2.05, 4.69) is 10.9 Å². The minimum absolute atomic E-state index is 0.0397. The largest absolute Gasteiger partial charge is 0.491 e. The summed E-state index contributed by atoms with van der Waals surface area (Å²) in [7, 11) is 0. The molecule has 212 valence electrons. The zero-order chi connectivity index (χ0) is 29.2. The van der Waals surface area contributed by atoms with E-state index in [0.29, 0.717) is 11.4 Å². The molecule has 1 aromatic heterocycles. The molecular formula is C29H35N5O6. The Bertz CT molecular complexity index is 1450. The molecule has 3 N–H and O–H groups in total. The molecule has 0 spiro atoms. The molecule has 3 aromatic rings. The number of hydrogen-bond donors (Lipinski definition) is 3. The Balaban J connectivity index is 1.77. The molecule has 1 unspecified atom stereocenters. The number of nitrogens with zero attached hydrogens (tertiary/aromatic N) is 3. The number of carbonyl (C=O) groups excluding carboxylic acids is 2. The molecule has 11 heteroatoms. The van der Waals surface area contributed by atoms with Gasteiger partial charge in [-0.05, 0) is 49.1 Å². The molecule has 2 heterocycles. The fourth-order valence-electron chi connectivity index (χ4n) is 4.81. The van der Waals surface area contributed by atoms with Crippen LogP contribution in [-0.2, 0) is 17.8 Å². The summed E-state index contributed by atoms with van der Waals surface area (Å²) < 4.78 is 8.49. The van der Waals surface area contributed by atoms with Gasteiger partial charge in [0.15, 0.2) is 0 Å². The van der Waals surface area contributed by atoms with Crippen LogP contribution in [0.1, 0.15) is 62.4 Å². The van der Waals surface area contributed by atoms with Gasteiger partial charge in [0.05, 0.1) is 36.5 Å². The smallest absolute Gasteiger partial charge is 0.407 e. The van der Waals surface area contributed by atoms with Crippen molar-refractivity contribution in [2.45, 2.75) is 59.7 Å². The first kappa shape index (κ1) is 28.5. The lowest BCUT2D eigenvalue weighted by Crippen LogP contribution is -2.48. The summed E-state index contributed by atoms with van der Waals surface area (Å²) >= 11 is 0. The molecule has 2 aromatic carbocycles. The summed E-state index contributed by atoms with van der Waals surface area (Å²) in [4.78, 5) is 53.4. The Morgan fingerprint density at radius 2 is 1.68 bits per heavy atom. The van der Waals surface area contributed by atoms with Crippen LogP contribution in [0.2, 0.25) is 0 Å². The van der Waals surface area contributed by atoms with E-state index in [-0.39, 0.29) is 37.0 Å². The second kappa shape index (κ2) is 11.3. The van der Waals surface area contributed by atoms with Crippen molar-refractivity contribution in [3.05, 3.63) is 82.0 Å². The Morgan fingerprint density at radius 3 is 2.25 bits per heavy atom. The van der Waals surface area contributed by atoms with E-state index in [4.69, 9.17) is 4.74 Å². The number of carbonyl (C=O) groups is 3. The first-order chi connectivity index (χ1) is 18.9. The van der Waals surface area contributed by atoms with Crippen LogP contribution in [0.5, 0.6) is 5.75 Å². The van der Waals surface area contributed by atoms with E-state index < -0.39 is 35.1 Å². The van der Waals surface area contributed by atoms with Crippen molar-refractivity contribution >= 4 is 17.9 Å². The topological polar surface area (TPSA) is 135 Å². The van der Waals surface area contributed by atoms with Gasteiger partial charge in [0.25, 0.3) is 5.91 Å². The predicted octanol–water partition coefficient (Wildman–Crippen LogP) is 3.51. The van der Waals surface area contributed by atoms with Gasteiger partial charge in [0.2, 0.25) is 5.91 Å². The molecule has 11 nitrogen and oxygen atoms in total. The summed E-state index contributed by atoms with van der Waals surface area (Å²) in [6.45, 7) is 9.46. The maximum Gasteiger partial charge on any atom is 0.407 e. The van der Waals surface area contributed by atoms with Gasteiger partial charge >= 0.3 is 11.8 Å². The highest BCUT2D eigenvalue weighted by atomic mass is 16.5. The third-order valence-electron chi connectivity index (χ3n) is 6.71. The van der Waals surface area contributed by atoms with Crippen molar-refractivity contribution < 1.29 is 24.2 Å². The van der Waals surface area contributed by atoms with Gasteiger partial charge in [-0.15, -0.1) is 0 Å². The number of hydrogen-bond acceptors (Lipinski definition) is 5. The van der Waals surface area contributed by atoms with Crippen LogP contribution in [-0.4, -0.2) is 49.7 Å². The number of carboxylic acid groups (broad SMARTS) is 1. The normalized spacial score (nSPS) is 14.9. The Morgan fingerprint density at radius 1 is 1.02 bits per heavy atom. The van der Waals surface area contributed by atoms with Gasteiger partial charge in [-0.3, -0.25) is 29.6 Å². The van der Waals surface area contributed by atoms with Crippen LogP contribution in [0.15, 0.2) is 59.4 Å². The molecule has 0 saturated heterocycles. The zero-order valence-electron chi connectivity index (χ0n) is 23.3. The number of aromatic nitrogens is 2. The molecule has 0 bridgehead atoms. The van der Waals surface area contributed by atoms with Gasteiger partial charge in [-0.2, -0.15) is 0 Å². The van der Waals surface area contributed by atoms with Crippen molar-refractivity contribution in [1.82, 2.24) is 24.9 Å². The van der Waals surface area contributed by atoms with Crippen LogP contribution in [0, 0.1) is 5.41 Å². The molecule has 0 aliphatic carbocycles. The fraction of sp³-hybridized carbons (Fsp3) is 0.379. The number of imidazole rings is 1. The summed E-state index contributed by atoms with van der Waals surface area (Å²) in [5, 5.41) is 9.85. The Labute approximate surface area is 232 Å². The third-order valence-corrected chi connectivity index (χ3v) is 6.71. The number of rotatable bonds is 6. The average Bonchev–Trinajstić information content (AvgIpc) is 3.19. The van der Waals surface area contributed by atoms with Gasteiger partial charge < -0.3 is 14.7 Å². The fourth-order valence-corrected chi connectivity index (χ4v) is 4.81. The standard InChI is InChI=1S/C29H35N5O6/c1-18(2)40-21-13-11-20(12-14-21)33-25(26(36)31-30-24(35)15-19-9-7-6-8-10-19)22-16-32(28(38)39)17-23(29(3,4)5)34(22)27(33)37/h6-14,18,23H,15-17H2,1-5H3,(H,30,35)(H,31,36)(H,38,39). The van der Waals surface area contributed by atoms with E-state index in [9.17, 15) is 24.3 Å². The zero-order valence-corrected chi connectivity index (χ0v) is 23.3. The van der Waals surface area contributed by atoms with E-state index >= 15 is 0 Å². The average molecular weight is 550 g/mol. The second-order valence-corrected chi connectivity index (χ2v) is 11.2. The highest BCUT2D eigenvalue weighted by molar-refractivity contribution is 5.96. The Hall–Kier alpha value is -4.54. The highest BCUT2D eigenvalue weighted by Gasteiger charge is 2.41. The van der Waals surface area contributed by atoms with Crippen molar-refractivity contribution in [3.8, 4) is 11.4 Å². The molecule has 0 fully saturated rings. The van der Waals surface area contributed by atoms with Crippen molar-refractivity contribution in [2.75, 3.05) is 6.54 Å². The van der Waals surface area contributed by atoms with Crippen LogP contribution in [0.25, 0.3) is 5.69 Å². The summed E-state index contributed by atoms with van der Waals surface area (Å²) in [6.07, 6.45) is -1.16. The van der Waals surface area contributed by atoms with Crippen LogP contribution in [0.3, 0.4) is 0 Å². The maximum atomic E-state index is 14.0. The maximum absolute atomic E-state index is 14.0. The minimum atomic E-state index is -1.15. The molecule has 3 amide bonds. The van der Waals surface area contributed by atoms with Gasteiger partial charge in [0.1, 0.15) is 11.4 Å². The molecule has 1 aliphatic heterocycles. The molecule has 1 atom stereocenters. The third kappa shape index (κ3) is 6.03. The number of nitrogens with one attached hydrogen (secondary N) is 2. The number of fused-ring (bicyclic) bond motifs is 1.